The first-order chi connectivity index (χ1) is 9.13. The molecule has 1 aromatic carbocycles. The SMILES string of the molecule is Cc1ccc2c(c1)[C@H](O)CC(C1CCCC(C)C1)O2. The van der Waals surface area contributed by atoms with Gasteiger partial charge in [-0.3, -0.25) is 0 Å². The molecular formula is C17H24O2. The van der Waals surface area contributed by atoms with Crippen molar-refractivity contribution in [1.82, 2.24) is 0 Å². The van der Waals surface area contributed by atoms with Crippen LogP contribution in [0.2, 0.25) is 0 Å². The Morgan fingerprint density at radius 2 is 2.05 bits per heavy atom. The first-order valence-electron chi connectivity index (χ1n) is 7.58. The van der Waals surface area contributed by atoms with Gasteiger partial charge in [0.15, 0.2) is 0 Å². The van der Waals surface area contributed by atoms with Crippen LogP contribution < -0.4 is 4.74 Å². The third-order valence-corrected chi connectivity index (χ3v) is 4.76. The number of hydrogen-bond acceptors (Lipinski definition) is 2. The van der Waals surface area contributed by atoms with Gasteiger partial charge in [-0.15, -0.1) is 0 Å². The molecule has 1 aliphatic heterocycles. The quantitative estimate of drug-likeness (QED) is 0.827. The Morgan fingerprint density at radius 3 is 2.84 bits per heavy atom. The summed E-state index contributed by atoms with van der Waals surface area (Å²) in [5, 5.41) is 10.4. The van der Waals surface area contributed by atoms with Crippen molar-refractivity contribution >= 4 is 0 Å². The molecule has 0 spiro atoms. The van der Waals surface area contributed by atoms with Crippen molar-refractivity contribution in [1.29, 1.82) is 0 Å². The maximum absolute atomic E-state index is 10.4. The molecule has 3 rings (SSSR count). The Bertz CT molecular complexity index is 455. The van der Waals surface area contributed by atoms with Crippen molar-refractivity contribution < 1.29 is 9.84 Å². The molecule has 0 saturated heterocycles. The second-order valence-electron chi connectivity index (χ2n) is 6.48. The first kappa shape index (κ1) is 13.0. The average Bonchev–Trinajstić information content (AvgIpc) is 2.39. The van der Waals surface area contributed by atoms with Crippen LogP contribution in [0.5, 0.6) is 5.75 Å². The van der Waals surface area contributed by atoms with E-state index in [0.717, 1.165) is 23.7 Å². The zero-order valence-corrected chi connectivity index (χ0v) is 11.9. The van der Waals surface area contributed by atoms with Crippen LogP contribution in [0, 0.1) is 18.8 Å². The molecule has 1 aromatic rings. The molecular weight excluding hydrogens is 236 g/mol. The highest BCUT2D eigenvalue weighted by atomic mass is 16.5. The van der Waals surface area contributed by atoms with Gasteiger partial charge in [-0.05, 0) is 43.7 Å². The van der Waals surface area contributed by atoms with Crippen LogP contribution in [0.25, 0.3) is 0 Å². The van der Waals surface area contributed by atoms with Crippen molar-refractivity contribution in [2.24, 2.45) is 11.8 Å². The van der Waals surface area contributed by atoms with Crippen molar-refractivity contribution in [3.05, 3.63) is 29.3 Å². The van der Waals surface area contributed by atoms with Gasteiger partial charge in [0, 0.05) is 12.0 Å². The van der Waals surface area contributed by atoms with E-state index in [0.29, 0.717) is 5.92 Å². The lowest BCUT2D eigenvalue weighted by Gasteiger charge is -2.38. The fourth-order valence-corrected chi connectivity index (χ4v) is 3.70. The summed E-state index contributed by atoms with van der Waals surface area (Å²) in [6.07, 6.45) is 5.76. The standard InChI is InChI=1S/C17H24O2/c1-11-4-3-5-13(8-11)17-10-15(18)14-9-12(2)6-7-16(14)19-17/h6-7,9,11,13,15,17-18H,3-5,8,10H2,1-2H3/t11?,13?,15-,17?/m1/s1. The van der Waals surface area contributed by atoms with Gasteiger partial charge in [0.1, 0.15) is 11.9 Å². The molecule has 3 unspecified atom stereocenters. The number of hydrogen-bond donors (Lipinski definition) is 1. The van der Waals surface area contributed by atoms with Gasteiger partial charge in [0.2, 0.25) is 0 Å². The molecule has 0 aromatic heterocycles. The topological polar surface area (TPSA) is 29.5 Å². The predicted molar refractivity (Wildman–Crippen MR) is 76.3 cm³/mol. The molecule has 2 nitrogen and oxygen atoms in total. The Kier molecular flexibility index (Phi) is 3.53. The van der Waals surface area contributed by atoms with Gasteiger partial charge in [-0.2, -0.15) is 0 Å². The number of aliphatic hydroxyl groups is 1. The fourth-order valence-electron chi connectivity index (χ4n) is 3.70. The van der Waals surface area contributed by atoms with Gasteiger partial charge < -0.3 is 9.84 Å². The molecule has 1 saturated carbocycles. The zero-order chi connectivity index (χ0) is 13.4. The molecule has 104 valence electrons. The van der Waals surface area contributed by atoms with Gasteiger partial charge in [-0.1, -0.05) is 31.4 Å². The van der Waals surface area contributed by atoms with Crippen molar-refractivity contribution in [2.75, 3.05) is 0 Å². The molecule has 1 N–H and O–H groups in total. The Hall–Kier alpha value is -1.02. The van der Waals surface area contributed by atoms with E-state index in [1.807, 2.05) is 6.07 Å². The van der Waals surface area contributed by atoms with Gasteiger partial charge in [-0.25, -0.2) is 0 Å². The maximum Gasteiger partial charge on any atom is 0.125 e. The van der Waals surface area contributed by atoms with Crippen LogP contribution in [0.4, 0.5) is 0 Å². The monoisotopic (exact) mass is 260 g/mol. The molecule has 19 heavy (non-hydrogen) atoms. The summed E-state index contributed by atoms with van der Waals surface area (Å²) in [6, 6.07) is 6.14. The van der Waals surface area contributed by atoms with Crippen LogP contribution in [-0.2, 0) is 0 Å². The molecule has 0 radical (unpaired) electrons. The molecule has 2 heteroatoms. The van der Waals surface area contributed by atoms with Crippen molar-refractivity contribution in [2.45, 2.75) is 58.2 Å². The lowest BCUT2D eigenvalue weighted by molar-refractivity contribution is 0.0171. The molecule has 4 atom stereocenters. The number of aliphatic hydroxyl groups excluding tert-OH is 1. The minimum atomic E-state index is -0.356. The second-order valence-corrected chi connectivity index (χ2v) is 6.48. The summed E-state index contributed by atoms with van der Waals surface area (Å²) in [5.74, 6) is 2.32. The maximum atomic E-state index is 10.4. The van der Waals surface area contributed by atoms with Crippen molar-refractivity contribution in [3.8, 4) is 5.75 Å². The van der Waals surface area contributed by atoms with Crippen molar-refractivity contribution in [3.63, 3.8) is 0 Å². The van der Waals surface area contributed by atoms with E-state index < -0.39 is 0 Å². The van der Waals surface area contributed by atoms with E-state index >= 15 is 0 Å². The lowest BCUT2D eigenvalue weighted by atomic mass is 9.77. The van der Waals surface area contributed by atoms with Crippen LogP contribution in [0.1, 0.15) is 56.3 Å². The summed E-state index contributed by atoms with van der Waals surface area (Å²) in [7, 11) is 0. The van der Waals surface area contributed by atoms with E-state index in [2.05, 4.69) is 26.0 Å². The minimum absolute atomic E-state index is 0.202. The van der Waals surface area contributed by atoms with E-state index in [9.17, 15) is 5.11 Å². The molecule has 0 bridgehead atoms. The normalized spacial score (nSPS) is 34.5. The van der Waals surface area contributed by atoms with Gasteiger partial charge in [0.25, 0.3) is 0 Å². The van der Waals surface area contributed by atoms with Gasteiger partial charge in [0.05, 0.1) is 6.10 Å². The summed E-state index contributed by atoms with van der Waals surface area (Å²) < 4.78 is 6.19. The Balaban J connectivity index is 1.79. The number of rotatable bonds is 1. The predicted octanol–water partition coefficient (Wildman–Crippen LogP) is 4.01. The smallest absolute Gasteiger partial charge is 0.125 e. The number of fused-ring (bicyclic) bond motifs is 1. The average molecular weight is 260 g/mol. The second kappa shape index (κ2) is 5.16. The number of ether oxygens (including phenoxy) is 1. The number of aryl methyl sites for hydroxylation is 1. The molecule has 2 aliphatic rings. The highest BCUT2D eigenvalue weighted by Gasteiger charge is 2.34. The molecule has 0 amide bonds. The van der Waals surface area contributed by atoms with Crippen LogP contribution >= 0.6 is 0 Å². The molecule has 1 fully saturated rings. The fraction of sp³-hybridized carbons (Fsp3) is 0.647. The van der Waals surface area contributed by atoms with E-state index in [-0.39, 0.29) is 12.2 Å². The summed E-state index contributed by atoms with van der Waals surface area (Å²) in [6.45, 7) is 4.39. The zero-order valence-electron chi connectivity index (χ0n) is 11.9. The summed E-state index contributed by atoms with van der Waals surface area (Å²) in [5.41, 5.74) is 2.16. The molecule has 1 aliphatic carbocycles. The van der Waals surface area contributed by atoms with Crippen LogP contribution in [0.3, 0.4) is 0 Å². The summed E-state index contributed by atoms with van der Waals surface area (Å²) >= 11 is 0. The third kappa shape index (κ3) is 2.64. The van der Waals surface area contributed by atoms with Gasteiger partial charge >= 0.3 is 0 Å². The minimum Gasteiger partial charge on any atom is -0.490 e. The third-order valence-electron chi connectivity index (χ3n) is 4.76. The number of benzene rings is 1. The van der Waals surface area contributed by atoms with Crippen LogP contribution in [0.15, 0.2) is 18.2 Å². The molecule has 1 heterocycles. The first-order valence-corrected chi connectivity index (χ1v) is 7.58. The largest absolute Gasteiger partial charge is 0.490 e. The summed E-state index contributed by atoms with van der Waals surface area (Å²) in [4.78, 5) is 0. The van der Waals surface area contributed by atoms with E-state index in [1.54, 1.807) is 0 Å². The Labute approximate surface area is 115 Å². The van der Waals surface area contributed by atoms with E-state index in [1.165, 1.54) is 31.2 Å². The van der Waals surface area contributed by atoms with Crippen LogP contribution in [-0.4, -0.2) is 11.2 Å². The van der Waals surface area contributed by atoms with E-state index in [4.69, 9.17) is 4.74 Å². The highest BCUT2D eigenvalue weighted by Crippen LogP contribution is 2.41. The Morgan fingerprint density at radius 1 is 1.21 bits per heavy atom. The lowest BCUT2D eigenvalue weighted by Crippen LogP contribution is -2.35. The highest BCUT2D eigenvalue weighted by molar-refractivity contribution is 5.40.